The van der Waals surface area contributed by atoms with Gasteiger partial charge in [-0.1, -0.05) is 5.16 Å². The highest BCUT2D eigenvalue weighted by Gasteiger charge is 2.42. The summed E-state index contributed by atoms with van der Waals surface area (Å²) in [5.41, 5.74) is 1.18. The van der Waals surface area contributed by atoms with E-state index < -0.39 is 11.4 Å². The van der Waals surface area contributed by atoms with E-state index in [4.69, 9.17) is 4.52 Å². The number of nitrogens with zero attached hydrogens (tertiary/aromatic N) is 3. The molecule has 0 aliphatic carbocycles. The molecule has 2 aromatic heterocycles. The van der Waals surface area contributed by atoms with Gasteiger partial charge in [0, 0.05) is 18.8 Å². The van der Waals surface area contributed by atoms with E-state index in [9.17, 15) is 14.7 Å². The Morgan fingerprint density at radius 1 is 1.41 bits per heavy atom. The van der Waals surface area contributed by atoms with Gasteiger partial charge in [0.2, 0.25) is 0 Å². The number of likely N-dealkylation sites (tertiary alicyclic amines) is 1. The van der Waals surface area contributed by atoms with E-state index in [1.807, 2.05) is 0 Å². The predicted molar refractivity (Wildman–Crippen MR) is 77.5 cm³/mol. The van der Waals surface area contributed by atoms with Crippen LogP contribution in [0.5, 0.6) is 0 Å². The van der Waals surface area contributed by atoms with Crippen molar-refractivity contribution in [2.75, 3.05) is 13.1 Å². The van der Waals surface area contributed by atoms with Crippen LogP contribution in [0.15, 0.2) is 10.6 Å². The van der Waals surface area contributed by atoms with E-state index in [2.05, 4.69) is 10.1 Å². The number of aromatic nitrogens is 2. The average Bonchev–Trinajstić information content (AvgIpc) is 3.02. The molecule has 0 bridgehead atoms. The Labute approximate surface area is 126 Å². The summed E-state index contributed by atoms with van der Waals surface area (Å²) in [4.78, 5) is 30.0. The van der Waals surface area contributed by atoms with Crippen LogP contribution >= 0.6 is 0 Å². The normalized spacial score (nSPS) is 21.5. The van der Waals surface area contributed by atoms with Gasteiger partial charge in [0.25, 0.3) is 11.6 Å². The molecule has 0 aromatic carbocycles. The lowest BCUT2D eigenvalue weighted by Gasteiger charge is -2.20. The maximum absolute atomic E-state index is 12.8. The third-order valence-electron chi connectivity index (χ3n) is 4.25. The van der Waals surface area contributed by atoms with Gasteiger partial charge < -0.3 is 14.5 Å². The van der Waals surface area contributed by atoms with Gasteiger partial charge in [0.15, 0.2) is 0 Å². The number of carboxylic acid groups (broad SMARTS) is 1. The smallest absolute Gasteiger partial charge is 0.311 e. The standard InChI is InChI=1S/C15H17N3O4/c1-8-6-10(11-9(2)17-22-12(11)16-8)13(19)18-5-4-15(3,7-18)14(20)21/h6H,4-5,7H2,1-3H3,(H,20,21). The molecular formula is C15H17N3O4. The lowest BCUT2D eigenvalue weighted by molar-refractivity contribution is -0.147. The van der Waals surface area contributed by atoms with Crippen LogP contribution < -0.4 is 0 Å². The number of rotatable bonds is 2. The molecule has 3 heterocycles. The van der Waals surface area contributed by atoms with Gasteiger partial charge in [0.1, 0.15) is 0 Å². The summed E-state index contributed by atoms with van der Waals surface area (Å²) in [6.07, 6.45) is 0.448. The van der Waals surface area contributed by atoms with Crippen molar-refractivity contribution in [3.8, 4) is 0 Å². The van der Waals surface area contributed by atoms with E-state index in [0.717, 1.165) is 0 Å². The van der Waals surface area contributed by atoms with Gasteiger partial charge in [-0.25, -0.2) is 4.98 Å². The Balaban J connectivity index is 2.00. The van der Waals surface area contributed by atoms with Crippen molar-refractivity contribution in [2.45, 2.75) is 27.2 Å². The molecule has 1 amide bonds. The summed E-state index contributed by atoms with van der Waals surface area (Å²) in [6.45, 7) is 5.83. The maximum Gasteiger partial charge on any atom is 0.311 e. The Kier molecular flexibility index (Phi) is 3.16. The van der Waals surface area contributed by atoms with Gasteiger partial charge in [-0.05, 0) is 33.3 Å². The van der Waals surface area contributed by atoms with Crippen LogP contribution in [0.4, 0.5) is 0 Å². The van der Waals surface area contributed by atoms with Crippen LogP contribution in [-0.4, -0.2) is 45.1 Å². The minimum atomic E-state index is -0.888. The minimum absolute atomic E-state index is 0.202. The molecule has 7 nitrogen and oxygen atoms in total. The fourth-order valence-electron chi connectivity index (χ4n) is 2.87. The molecule has 7 heteroatoms. The van der Waals surface area contributed by atoms with Crippen molar-refractivity contribution in [1.29, 1.82) is 0 Å². The molecule has 1 fully saturated rings. The van der Waals surface area contributed by atoms with Crippen molar-refractivity contribution >= 4 is 23.0 Å². The number of carbonyl (C=O) groups is 2. The molecule has 1 aliphatic heterocycles. The summed E-state index contributed by atoms with van der Waals surface area (Å²) >= 11 is 0. The zero-order chi connectivity index (χ0) is 16.1. The molecular weight excluding hydrogens is 286 g/mol. The van der Waals surface area contributed by atoms with Crippen molar-refractivity contribution in [1.82, 2.24) is 15.0 Å². The highest BCUT2D eigenvalue weighted by molar-refractivity contribution is 6.06. The van der Waals surface area contributed by atoms with Gasteiger partial charge in [-0.15, -0.1) is 0 Å². The molecule has 2 aromatic rings. The Morgan fingerprint density at radius 3 is 2.77 bits per heavy atom. The van der Waals surface area contributed by atoms with E-state index in [-0.39, 0.29) is 12.5 Å². The zero-order valence-corrected chi connectivity index (χ0v) is 12.7. The Morgan fingerprint density at radius 2 is 2.14 bits per heavy atom. The van der Waals surface area contributed by atoms with Crippen molar-refractivity contribution in [2.24, 2.45) is 5.41 Å². The Hall–Kier alpha value is -2.44. The first-order valence-electron chi connectivity index (χ1n) is 7.08. The first kappa shape index (κ1) is 14.5. The van der Waals surface area contributed by atoms with Crippen LogP contribution in [0, 0.1) is 19.3 Å². The number of hydrogen-bond acceptors (Lipinski definition) is 5. The maximum atomic E-state index is 12.8. The molecule has 1 atom stereocenters. The van der Waals surface area contributed by atoms with Crippen molar-refractivity contribution in [3.05, 3.63) is 23.0 Å². The second-order valence-electron chi connectivity index (χ2n) is 6.10. The van der Waals surface area contributed by atoms with Gasteiger partial charge in [0.05, 0.1) is 22.1 Å². The number of pyridine rings is 1. The van der Waals surface area contributed by atoms with Gasteiger partial charge in [-0.3, -0.25) is 9.59 Å². The third-order valence-corrected chi connectivity index (χ3v) is 4.25. The van der Waals surface area contributed by atoms with Crippen molar-refractivity contribution < 1.29 is 19.2 Å². The number of carbonyl (C=O) groups excluding carboxylic acids is 1. The number of aryl methyl sites for hydroxylation is 2. The first-order chi connectivity index (χ1) is 10.3. The predicted octanol–water partition coefficient (Wildman–Crippen LogP) is 1.78. The number of hydrogen-bond donors (Lipinski definition) is 1. The zero-order valence-electron chi connectivity index (χ0n) is 12.7. The molecule has 22 heavy (non-hydrogen) atoms. The lowest BCUT2D eigenvalue weighted by Crippen LogP contribution is -2.35. The summed E-state index contributed by atoms with van der Waals surface area (Å²) in [6, 6.07) is 1.70. The SMILES string of the molecule is Cc1cc(C(=O)N2CCC(C)(C(=O)O)C2)c2c(C)noc2n1. The molecule has 0 radical (unpaired) electrons. The number of aliphatic carboxylic acids is 1. The third kappa shape index (κ3) is 2.13. The quantitative estimate of drug-likeness (QED) is 0.908. The Bertz CT molecular complexity index is 782. The van der Waals surface area contributed by atoms with Crippen molar-refractivity contribution in [3.63, 3.8) is 0 Å². The minimum Gasteiger partial charge on any atom is -0.481 e. The van der Waals surface area contributed by atoms with E-state index in [0.29, 0.717) is 41.0 Å². The highest BCUT2D eigenvalue weighted by Crippen LogP contribution is 2.32. The fraction of sp³-hybridized carbons (Fsp3) is 0.467. The summed E-state index contributed by atoms with van der Waals surface area (Å²) in [5, 5.41) is 13.8. The molecule has 1 N–H and O–H groups in total. The van der Waals surface area contributed by atoms with Crippen LogP contribution in [0.1, 0.15) is 35.1 Å². The fourth-order valence-corrected chi connectivity index (χ4v) is 2.87. The second kappa shape index (κ2) is 4.79. The summed E-state index contributed by atoms with van der Waals surface area (Å²) < 4.78 is 5.14. The summed E-state index contributed by atoms with van der Waals surface area (Å²) in [7, 11) is 0. The number of fused-ring (bicyclic) bond motifs is 1. The van der Waals surface area contributed by atoms with Crippen LogP contribution in [0.2, 0.25) is 0 Å². The first-order valence-corrected chi connectivity index (χ1v) is 7.08. The lowest BCUT2D eigenvalue weighted by atomic mass is 9.90. The van der Waals surface area contributed by atoms with Crippen LogP contribution in [0.3, 0.4) is 0 Å². The topological polar surface area (TPSA) is 96.5 Å². The number of amides is 1. The van der Waals surface area contributed by atoms with Gasteiger partial charge >= 0.3 is 5.97 Å². The molecule has 1 aliphatic rings. The molecule has 1 unspecified atom stereocenters. The average molecular weight is 303 g/mol. The molecule has 116 valence electrons. The molecule has 0 spiro atoms. The second-order valence-corrected chi connectivity index (χ2v) is 6.10. The van der Waals surface area contributed by atoms with Gasteiger partial charge in [-0.2, -0.15) is 0 Å². The molecule has 3 rings (SSSR count). The largest absolute Gasteiger partial charge is 0.481 e. The van der Waals surface area contributed by atoms with Crippen LogP contribution in [0.25, 0.3) is 11.1 Å². The van der Waals surface area contributed by atoms with E-state index in [1.165, 1.54) is 0 Å². The van der Waals surface area contributed by atoms with Crippen LogP contribution in [-0.2, 0) is 4.79 Å². The van der Waals surface area contributed by atoms with E-state index in [1.54, 1.807) is 31.7 Å². The summed E-state index contributed by atoms with van der Waals surface area (Å²) in [5.74, 6) is -1.08. The molecule has 1 saturated heterocycles. The highest BCUT2D eigenvalue weighted by atomic mass is 16.5. The molecule has 0 saturated carbocycles. The monoisotopic (exact) mass is 303 g/mol. The number of carboxylic acids is 1. The van der Waals surface area contributed by atoms with E-state index >= 15 is 0 Å².